The van der Waals surface area contributed by atoms with E-state index in [0.29, 0.717) is 29.1 Å². The number of rotatable bonds is 2. The van der Waals surface area contributed by atoms with Crippen molar-refractivity contribution in [3.63, 3.8) is 0 Å². The number of fused-ring (bicyclic) bond motifs is 3. The van der Waals surface area contributed by atoms with Gasteiger partial charge >= 0.3 is 5.63 Å². The lowest BCUT2D eigenvalue weighted by molar-refractivity contribution is -0.954. The maximum absolute atomic E-state index is 11.7. The number of quaternary nitrogens is 1. The van der Waals surface area contributed by atoms with Crippen molar-refractivity contribution in [2.24, 2.45) is 0 Å². The standard InChI is InChI=1S/C16H18ClNO3/c1-4-10(3)18-7-12-15-11(9(2)5-14(19)21-15)6-13(17)16(12)20-8-18/h5-6,10H,4,7-8H2,1-3H3/p+1/t10-/m1/s1. The Morgan fingerprint density at radius 3 is 2.90 bits per heavy atom. The first-order valence-corrected chi connectivity index (χ1v) is 7.62. The molecule has 0 amide bonds. The molecule has 1 aromatic heterocycles. The minimum absolute atomic E-state index is 0.333. The first kappa shape index (κ1) is 14.4. The Bertz CT molecular complexity index is 753. The van der Waals surface area contributed by atoms with E-state index in [0.717, 1.165) is 29.5 Å². The summed E-state index contributed by atoms with van der Waals surface area (Å²) in [7, 11) is 0. The lowest BCUT2D eigenvalue weighted by atomic mass is 10.0. The highest BCUT2D eigenvalue weighted by atomic mass is 35.5. The van der Waals surface area contributed by atoms with E-state index in [9.17, 15) is 4.79 Å². The lowest BCUT2D eigenvalue weighted by Crippen LogP contribution is -3.15. The highest BCUT2D eigenvalue weighted by Gasteiger charge is 2.29. The molecule has 2 heterocycles. The van der Waals surface area contributed by atoms with Crippen LogP contribution in [0.25, 0.3) is 11.0 Å². The average Bonchev–Trinajstić information content (AvgIpc) is 2.47. The van der Waals surface area contributed by atoms with Gasteiger partial charge in [0.15, 0.2) is 11.3 Å². The summed E-state index contributed by atoms with van der Waals surface area (Å²) in [5.74, 6) is 0.657. The predicted molar refractivity (Wildman–Crippen MR) is 82.1 cm³/mol. The summed E-state index contributed by atoms with van der Waals surface area (Å²) in [6.07, 6.45) is 1.06. The zero-order valence-electron chi connectivity index (χ0n) is 12.5. The molecule has 1 N–H and O–H groups in total. The first-order chi connectivity index (χ1) is 10.0. The second kappa shape index (κ2) is 5.35. The van der Waals surface area contributed by atoms with Crippen LogP contribution in [0.4, 0.5) is 0 Å². The second-order valence-electron chi connectivity index (χ2n) is 5.72. The summed E-state index contributed by atoms with van der Waals surface area (Å²) in [6.45, 7) is 7.59. The zero-order valence-corrected chi connectivity index (χ0v) is 13.2. The summed E-state index contributed by atoms with van der Waals surface area (Å²) in [6, 6.07) is 3.79. The maximum atomic E-state index is 11.7. The largest absolute Gasteiger partial charge is 0.443 e. The Labute approximate surface area is 128 Å². The number of hydrogen-bond donors (Lipinski definition) is 1. The molecule has 112 valence electrons. The molecule has 4 nitrogen and oxygen atoms in total. The molecule has 1 aromatic carbocycles. The van der Waals surface area contributed by atoms with Crippen LogP contribution in [0.2, 0.25) is 5.02 Å². The lowest BCUT2D eigenvalue weighted by Gasteiger charge is -2.30. The summed E-state index contributed by atoms with van der Waals surface area (Å²) in [4.78, 5) is 13.0. The summed E-state index contributed by atoms with van der Waals surface area (Å²) < 4.78 is 11.3. The molecule has 2 atom stereocenters. The molecule has 0 aliphatic carbocycles. The van der Waals surface area contributed by atoms with Crippen LogP contribution in [-0.4, -0.2) is 12.8 Å². The van der Waals surface area contributed by atoms with Gasteiger partial charge < -0.3 is 9.15 Å². The molecule has 0 bridgehead atoms. The molecule has 0 radical (unpaired) electrons. The number of halogens is 1. The normalized spacial score (nSPS) is 19.1. The molecule has 3 rings (SSSR count). The molecule has 5 heteroatoms. The second-order valence-corrected chi connectivity index (χ2v) is 6.13. The van der Waals surface area contributed by atoms with Crippen molar-refractivity contribution >= 4 is 22.6 Å². The van der Waals surface area contributed by atoms with Gasteiger partial charge in [0.1, 0.15) is 6.54 Å². The van der Waals surface area contributed by atoms with Crippen LogP contribution >= 0.6 is 11.6 Å². The van der Waals surface area contributed by atoms with Crippen molar-refractivity contribution in [2.75, 3.05) is 6.73 Å². The monoisotopic (exact) mass is 308 g/mol. The zero-order chi connectivity index (χ0) is 15.1. The van der Waals surface area contributed by atoms with E-state index in [1.165, 1.54) is 11.0 Å². The third-order valence-corrected chi connectivity index (χ3v) is 4.64. The van der Waals surface area contributed by atoms with Crippen LogP contribution in [0.3, 0.4) is 0 Å². The minimum Gasteiger partial charge on any atom is -0.443 e. The number of hydrogen-bond acceptors (Lipinski definition) is 3. The summed E-state index contributed by atoms with van der Waals surface area (Å²) >= 11 is 6.34. The van der Waals surface area contributed by atoms with Crippen LogP contribution in [0.5, 0.6) is 5.75 Å². The van der Waals surface area contributed by atoms with Crippen LogP contribution in [-0.2, 0) is 6.54 Å². The fraction of sp³-hybridized carbons (Fsp3) is 0.438. The third kappa shape index (κ3) is 2.43. The van der Waals surface area contributed by atoms with Crippen molar-refractivity contribution < 1.29 is 14.1 Å². The van der Waals surface area contributed by atoms with Crippen molar-refractivity contribution in [1.29, 1.82) is 0 Å². The van der Waals surface area contributed by atoms with Crippen molar-refractivity contribution in [3.05, 3.63) is 38.7 Å². The van der Waals surface area contributed by atoms with Gasteiger partial charge in [-0.15, -0.1) is 0 Å². The van der Waals surface area contributed by atoms with Crippen LogP contribution in [0.15, 0.2) is 21.3 Å². The fourth-order valence-corrected chi connectivity index (χ4v) is 3.10. The van der Waals surface area contributed by atoms with Gasteiger partial charge in [-0.05, 0) is 31.9 Å². The average molecular weight is 309 g/mol. The van der Waals surface area contributed by atoms with Crippen LogP contribution in [0.1, 0.15) is 31.4 Å². The highest BCUT2D eigenvalue weighted by Crippen LogP contribution is 2.36. The number of ether oxygens (including phenoxy) is 1. The number of nitrogens with one attached hydrogen (secondary N) is 1. The van der Waals surface area contributed by atoms with Crippen LogP contribution < -0.4 is 15.3 Å². The van der Waals surface area contributed by atoms with Gasteiger partial charge in [-0.3, -0.25) is 4.90 Å². The Morgan fingerprint density at radius 2 is 2.19 bits per heavy atom. The molecular weight excluding hydrogens is 290 g/mol. The van der Waals surface area contributed by atoms with E-state index in [1.54, 1.807) is 0 Å². The van der Waals surface area contributed by atoms with E-state index < -0.39 is 0 Å². The van der Waals surface area contributed by atoms with Gasteiger partial charge in [-0.25, -0.2) is 4.79 Å². The van der Waals surface area contributed by atoms with Gasteiger partial charge in [-0.2, -0.15) is 0 Å². The Morgan fingerprint density at radius 1 is 1.43 bits per heavy atom. The van der Waals surface area contributed by atoms with E-state index in [-0.39, 0.29) is 5.63 Å². The van der Waals surface area contributed by atoms with Gasteiger partial charge in [-0.1, -0.05) is 18.5 Å². The Hall–Kier alpha value is -1.52. The molecule has 2 aromatic rings. The van der Waals surface area contributed by atoms with Crippen LogP contribution in [0, 0.1) is 6.92 Å². The summed E-state index contributed by atoms with van der Waals surface area (Å²) in [5.41, 5.74) is 2.06. The topological polar surface area (TPSA) is 43.9 Å². The van der Waals surface area contributed by atoms with Crippen molar-refractivity contribution in [3.8, 4) is 5.75 Å². The Balaban J connectivity index is 2.22. The smallest absolute Gasteiger partial charge is 0.336 e. The van der Waals surface area contributed by atoms with E-state index in [1.807, 2.05) is 13.0 Å². The van der Waals surface area contributed by atoms with Gasteiger partial charge in [0, 0.05) is 11.5 Å². The van der Waals surface area contributed by atoms with E-state index >= 15 is 0 Å². The molecular formula is C16H19ClNO3+. The molecule has 1 unspecified atom stereocenters. The molecule has 0 saturated carbocycles. The SMILES string of the molecule is CC[C@@H](C)[NH+]1COc2c(Cl)cc3c(C)cc(=O)oc3c2C1. The molecule has 1 aliphatic rings. The number of aryl methyl sites for hydroxylation is 1. The molecule has 1 aliphatic heterocycles. The van der Waals surface area contributed by atoms with E-state index in [4.69, 9.17) is 20.8 Å². The molecule has 0 fully saturated rings. The van der Waals surface area contributed by atoms with Crippen molar-refractivity contribution in [2.45, 2.75) is 39.8 Å². The van der Waals surface area contributed by atoms with Gasteiger partial charge in [0.25, 0.3) is 0 Å². The minimum atomic E-state index is -0.333. The molecule has 0 spiro atoms. The van der Waals surface area contributed by atoms with Gasteiger partial charge in [0.05, 0.1) is 16.6 Å². The predicted octanol–water partition coefficient (Wildman–Crippen LogP) is 2.29. The number of benzene rings is 1. The van der Waals surface area contributed by atoms with Crippen molar-refractivity contribution in [1.82, 2.24) is 0 Å². The summed E-state index contributed by atoms with van der Waals surface area (Å²) in [5, 5.41) is 1.46. The fourth-order valence-electron chi connectivity index (χ4n) is 2.83. The molecule has 21 heavy (non-hydrogen) atoms. The first-order valence-electron chi connectivity index (χ1n) is 7.24. The van der Waals surface area contributed by atoms with E-state index in [2.05, 4.69) is 13.8 Å². The molecule has 0 saturated heterocycles. The third-order valence-electron chi connectivity index (χ3n) is 4.36. The van der Waals surface area contributed by atoms with Gasteiger partial charge in [0.2, 0.25) is 6.73 Å². The highest BCUT2D eigenvalue weighted by molar-refractivity contribution is 6.33. The Kier molecular flexibility index (Phi) is 3.68. The maximum Gasteiger partial charge on any atom is 0.336 e. The quantitative estimate of drug-likeness (QED) is 0.866.